The van der Waals surface area contributed by atoms with Gasteiger partial charge in [-0.05, 0) is 42.5 Å². The van der Waals surface area contributed by atoms with E-state index in [1.54, 1.807) is 31.1 Å². The van der Waals surface area contributed by atoms with E-state index >= 15 is 0 Å². The van der Waals surface area contributed by atoms with Crippen LogP contribution in [0.5, 0.6) is 0 Å². The number of halogens is 1. The molecule has 1 aromatic carbocycles. The molecular weight excluding hydrogens is 307 g/mol. The van der Waals surface area contributed by atoms with Crippen molar-refractivity contribution in [3.05, 3.63) is 47.8 Å². The normalized spacial score (nSPS) is 21.6. The first-order valence-corrected chi connectivity index (χ1v) is 8.45. The van der Waals surface area contributed by atoms with Crippen LogP contribution in [0.4, 0.5) is 9.18 Å². The molecule has 0 aromatic heterocycles. The molecule has 1 aromatic rings. The number of hydrogen-bond acceptors (Lipinski definition) is 2. The number of nitrogens with zero attached hydrogens (tertiary/aromatic N) is 2. The molecule has 24 heavy (non-hydrogen) atoms. The van der Waals surface area contributed by atoms with Crippen LogP contribution in [0.1, 0.15) is 36.5 Å². The Bertz CT molecular complexity index is 636. The second-order valence-electron chi connectivity index (χ2n) is 6.99. The zero-order valence-electron chi connectivity index (χ0n) is 14.4. The molecule has 130 valence electrons. The Morgan fingerprint density at radius 2 is 2.17 bits per heavy atom. The zero-order chi connectivity index (χ0) is 17.3. The van der Waals surface area contributed by atoms with Gasteiger partial charge in [0, 0.05) is 32.6 Å². The van der Waals surface area contributed by atoms with Gasteiger partial charge < -0.3 is 14.5 Å². The van der Waals surface area contributed by atoms with Gasteiger partial charge in [0.1, 0.15) is 5.82 Å². The monoisotopic (exact) mass is 332 g/mol. The number of urea groups is 1. The molecule has 0 radical (unpaired) electrons. The van der Waals surface area contributed by atoms with E-state index in [9.17, 15) is 9.18 Å². The van der Waals surface area contributed by atoms with Crippen LogP contribution < -0.4 is 0 Å². The van der Waals surface area contributed by atoms with Gasteiger partial charge in [-0.3, -0.25) is 0 Å². The highest BCUT2D eigenvalue weighted by Gasteiger charge is 2.46. The van der Waals surface area contributed by atoms with E-state index in [2.05, 4.69) is 6.58 Å². The third kappa shape index (κ3) is 2.93. The molecule has 1 fully saturated rings. The highest BCUT2D eigenvalue weighted by Crippen LogP contribution is 2.52. The van der Waals surface area contributed by atoms with Gasteiger partial charge in [0.05, 0.1) is 12.7 Å². The van der Waals surface area contributed by atoms with Gasteiger partial charge in [0.25, 0.3) is 0 Å². The maximum Gasteiger partial charge on any atom is 0.319 e. The lowest BCUT2D eigenvalue weighted by Crippen LogP contribution is -2.47. The van der Waals surface area contributed by atoms with E-state index in [0.717, 1.165) is 30.4 Å². The summed E-state index contributed by atoms with van der Waals surface area (Å²) in [6.07, 6.45) is 4.26. The van der Waals surface area contributed by atoms with Gasteiger partial charge in [0.2, 0.25) is 0 Å². The number of fused-ring (bicyclic) bond motifs is 2. The Hall–Kier alpha value is -1.88. The van der Waals surface area contributed by atoms with Crippen molar-refractivity contribution in [2.75, 3.05) is 33.8 Å². The number of piperidine rings is 1. The van der Waals surface area contributed by atoms with Crippen molar-refractivity contribution in [3.63, 3.8) is 0 Å². The minimum atomic E-state index is -0.204. The molecule has 1 atom stereocenters. The summed E-state index contributed by atoms with van der Waals surface area (Å²) in [5.74, 6) is -0.204. The number of rotatable bonds is 3. The number of benzene rings is 1. The quantitative estimate of drug-likeness (QED) is 0.794. The van der Waals surface area contributed by atoms with Crippen LogP contribution in [0.15, 0.2) is 30.9 Å². The summed E-state index contributed by atoms with van der Waals surface area (Å²) in [6, 6.07) is 5.06. The van der Waals surface area contributed by atoms with Crippen LogP contribution in [0.25, 0.3) is 0 Å². The first kappa shape index (κ1) is 17.0. The Labute approximate surface area is 142 Å². The zero-order valence-corrected chi connectivity index (χ0v) is 14.4. The van der Waals surface area contributed by atoms with E-state index < -0.39 is 0 Å². The topological polar surface area (TPSA) is 32.8 Å². The van der Waals surface area contributed by atoms with Crippen molar-refractivity contribution in [1.29, 1.82) is 0 Å². The third-order valence-electron chi connectivity index (χ3n) is 5.30. The van der Waals surface area contributed by atoms with Gasteiger partial charge in [-0.2, -0.15) is 0 Å². The number of ether oxygens (including phenoxy) is 1. The number of carbonyl (C=O) groups is 1. The lowest BCUT2D eigenvalue weighted by Gasteiger charge is -2.41. The predicted octanol–water partition coefficient (Wildman–Crippen LogP) is 3.49. The van der Waals surface area contributed by atoms with Crippen molar-refractivity contribution >= 4 is 6.03 Å². The summed E-state index contributed by atoms with van der Waals surface area (Å²) >= 11 is 0. The Kier molecular flexibility index (Phi) is 4.63. The van der Waals surface area contributed by atoms with Gasteiger partial charge in [-0.25, -0.2) is 9.18 Å². The van der Waals surface area contributed by atoms with E-state index in [0.29, 0.717) is 19.7 Å². The van der Waals surface area contributed by atoms with Gasteiger partial charge in [-0.1, -0.05) is 12.1 Å². The van der Waals surface area contributed by atoms with Crippen LogP contribution >= 0.6 is 0 Å². The molecule has 1 heterocycles. The predicted molar refractivity (Wildman–Crippen MR) is 91.5 cm³/mol. The SMILES string of the molecule is C=CCO[C@H]1CC2(CCN(C(=O)N(C)C)CC2)c2cc(F)ccc21. The fourth-order valence-electron chi connectivity index (χ4n) is 4.06. The molecule has 1 saturated heterocycles. The molecular formula is C19H25FN2O2. The molecule has 3 rings (SSSR count). The Balaban J connectivity index is 1.83. The van der Waals surface area contributed by atoms with Crippen LogP contribution in [0, 0.1) is 5.82 Å². The number of hydrogen-bond donors (Lipinski definition) is 0. The van der Waals surface area contributed by atoms with Crippen molar-refractivity contribution in [1.82, 2.24) is 9.80 Å². The standard InChI is InChI=1S/C19H25FN2O2/c1-4-11-24-17-13-19(16-12-14(20)5-6-15(16)17)7-9-22(10-8-19)18(23)21(2)3/h4-6,12,17H,1,7-11,13H2,2-3H3/t17-/m0/s1. The number of likely N-dealkylation sites (tertiary alicyclic amines) is 1. The van der Waals surface area contributed by atoms with Crippen molar-refractivity contribution in [2.24, 2.45) is 0 Å². The lowest BCUT2D eigenvalue weighted by molar-refractivity contribution is 0.0509. The van der Waals surface area contributed by atoms with Crippen molar-refractivity contribution in [2.45, 2.75) is 30.8 Å². The molecule has 0 unspecified atom stereocenters. The minimum Gasteiger partial charge on any atom is -0.369 e. The number of carbonyl (C=O) groups excluding carboxylic acids is 1. The summed E-state index contributed by atoms with van der Waals surface area (Å²) in [5, 5.41) is 0. The van der Waals surface area contributed by atoms with E-state index in [-0.39, 0.29) is 23.4 Å². The van der Waals surface area contributed by atoms with Gasteiger partial charge in [-0.15, -0.1) is 6.58 Å². The Morgan fingerprint density at radius 3 is 2.79 bits per heavy atom. The van der Waals surface area contributed by atoms with Crippen molar-refractivity contribution in [3.8, 4) is 0 Å². The Morgan fingerprint density at radius 1 is 1.46 bits per heavy atom. The first-order valence-electron chi connectivity index (χ1n) is 8.45. The van der Waals surface area contributed by atoms with Crippen molar-refractivity contribution < 1.29 is 13.9 Å². The van der Waals surface area contributed by atoms with Crippen LogP contribution in [0.3, 0.4) is 0 Å². The van der Waals surface area contributed by atoms with Gasteiger partial charge >= 0.3 is 6.03 Å². The highest BCUT2D eigenvalue weighted by atomic mass is 19.1. The maximum atomic E-state index is 13.9. The highest BCUT2D eigenvalue weighted by molar-refractivity contribution is 5.74. The van der Waals surface area contributed by atoms with E-state index in [4.69, 9.17) is 4.74 Å². The molecule has 0 saturated carbocycles. The summed E-state index contributed by atoms with van der Waals surface area (Å²) in [6.45, 7) is 5.59. The number of amides is 2. The second-order valence-corrected chi connectivity index (χ2v) is 6.99. The molecule has 0 bridgehead atoms. The molecule has 4 nitrogen and oxygen atoms in total. The summed E-state index contributed by atoms with van der Waals surface area (Å²) in [7, 11) is 3.54. The average Bonchev–Trinajstić information content (AvgIpc) is 2.86. The lowest BCUT2D eigenvalue weighted by atomic mass is 9.73. The summed E-state index contributed by atoms with van der Waals surface area (Å²) < 4.78 is 19.8. The first-order chi connectivity index (χ1) is 11.5. The molecule has 1 spiro atoms. The largest absolute Gasteiger partial charge is 0.369 e. The van der Waals surface area contributed by atoms with Crippen LogP contribution in [0.2, 0.25) is 0 Å². The second kappa shape index (κ2) is 6.55. The summed E-state index contributed by atoms with van der Waals surface area (Å²) in [5.41, 5.74) is 2.06. The molecule has 1 aliphatic heterocycles. The van der Waals surface area contributed by atoms with E-state index in [1.807, 2.05) is 11.0 Å². The molecule has 2 amide bonds. The minimum absolute atomic E-state index is 0.0188. The van der Waals surface area contributed by atoms with Crippen LogP contribution in [-0.2, 0) is 10.2 Å². The molecule has 1 aliphatic carbocycles. The molecule has 2 aliphatic rings. The smallest absolute Gasteiger partial charge is 0.319 e. The van der Waals surface area contributed by atoms with Crippen LogP contribution in [-0.4, -0.2) is 49.6 Å². The fraction of sp³-hybridized carbons (Fsp3) is 0.526. The molecule has 5 heteroatoms. The van der Waals surface area contributed by atoms with Gasteiger partial charge in [0.15, 0.2) is 0 Å². The van der Waals surface area contributed by atoms with E-state index in [1.165, 1.54) is 6.07 Å². The summed E-state index contributed by atoms with van der Waals surface area (Å²) in [4.78, 5) is 15.6. The molecule has 0 N–H and O–H groups in total. The third-order valence-corrected chi connectivity index (χ3v) is 5.30. The fourth-order valence-corrected chi connectivity index (χ4v) is 4.06. The maximum absolute atomic E-state index is 13.9. The average molecular weight is 332 g/mol.